The SMILES string of the molecule is CNCCC(=O)NC(C)c1ccc(NC(=O)C2CC2)cc1.Cl. The largest absolute Gasteiger partial charge is 0.350 e. The summed E-state index contributed by atoms with van der Waals surface area (Å²) in [4.78, 5) is 23.3. The van der Waals surface area contributed by atoms with E-state index in [4.69, 9.17) is 0 Å². The molecule has 22 heavy (non-hydrogen) atoms. The van der Waals surface area contributed by atoms with Crippen molar-refractivity contribution in [3.8, 4) is 0 Å². The molecule has 1 aromatic rings. The van der Waals surface area contributed by atoms with Gasteiger partial charge in [0.1, 0.15) is 0 Å². The molecule has 1 aromatic carbocycles. The lowest BCUT2D eigenvalue weighted by Crippen LogP contribution is -2.29. The van der Waals surface area contributed by atoms with E-state index >= 15 is 0 Å². The van der Waals surface area contributed by atoms with Gasteiger partial charge in [0.15, 0.2) is 0 Å². The van der Waals surface area contributed by atoms with E-state index < -0.39 is 0 Å². The molecule has 1 unspecified atom stereocenters. The first-order chi connectivity index (χ1) is 10.1. The Balaban J connectivity index is 0.00000242. The summed E-state index contributed by atoms with van der Waals surface area (Å²) in [5.74, 6) is 0.342. The molecule has 5 nitrogen and oxygen atoms in total. The van der Waals surface area contributed by atoms with Gasteiger partial charge in [0.05, 0.1) is 6.04 Å². The minimum Gasteiger partial charge on any atom is -0.350 e. The van der Waals surface area contributed by atoms with Crippen LogP contribution >= 0.6 is 12.4 Å². The van der Waals surface area contributed by atoms with Crippen molar-refractivity contribution in [1.29, 1.82) is 0 Å². The van der Waals surface area contributed by atoms with E-state index in [2.05, 4.69) is 16.0 Å². The molecule has 1 fully saturated rings. The first kappa shape index (κ1) is 18.5. The van der Waals surface area contributed by atoms with Crippen LogP contribution in [0, 0.1) is 5.92 Å². The number of anilines is 1. The maximum Gasteiger partial charge on any atom is 0.227 e. The summed E-state index contributed by atoms with van der Waals surface area (Å²) in [5, 5.41) is 8.81. The number of carbonyl (C=O) groups is 2. The number of hydrogen-bond acceptors (Lipinski definition) is 3. The topological polar surface area (TPSA) is 70.2 Å². The first-order valence-electron chi connectivity index (χ1n) is 7.45. The normalized spacial score (nSPS) is 14.6. The Labute approximate surface area is 137 Å². The Morgan fingerprint density at radius 1 is 1.23 bits per heavy atom. The van der Waals surface area contributed by atoms with Crippen LogP contribution in [0.3, 0.4) is 0 Å². The van der Waals surface area contributed by atoms with E-state index in [1.165, 1.54) is 0 Å². The number of nitrogens with one attached hydrogen (secondary N) is 3. The van der Waals surface area contributed by atoms with Crippen LogP contribution in [-0.2, 0) is 9.59 Å². The van der Waals surface area contributed by atoms with Crippen LogP contribution in [-0.4, -0.2) is 25.4 Å². The molecular weight excluding hydrogens is 302 g/mol. The molecule has 1 aliphatic carbocycles. The molecule has 0 spiro atoms. The molecule has 0 aliphatic heterocycles. The molecule has 1 atom stereocenters. The van der Waals surface area contributed by atoms with Crippen LogP contribution in [0.2, 0.25) is 0 Å². The zero-order valence-electron chi connectivity index (χ0n) is 13.0. The minimum atomic E-state index is -0.0393. The predicted molar refractivity (Wildman–Crippen MR) is 90.1 cm³/mol. The summed E-state index contributed by atoms with van der Waals surface area (Å²) in [6.07, 6.45) is 2.47. The van der Waals surface area contributed by atoms with Crippen LogP contribution in [0.1, 0.15) is 37.8 Å². The summed E-state index contributed by atoms with van der Waals surface area (Å²) in [6, 6.07) is 7.59. The number of hydrogen-bond donors (Lipinski definition) is 3. The Kier molecular flexibility index (Phi) is 7.35. The minimum absolute atomic E-state index is 0. The van der Waals surface area contributed by atoms with Crippen LogP contribution in [0.4, 0.5) is 5.69 Å². The highest BCUT2D eigenvalue weighted by Gasteiger charge is 2.29. The fraction of sp³-hybridized carbons (Fsp3) is 0.500. The maximum atomic E-state index is 11.7. The monoisotopic (exact) mass is 325 g/mol. The van der Waals surface area contributed by atoms with Crippen LogP contribution in [0.5, 0.6) is 0 Å². The number of halogens is 1. The molecule has 1 saturated carbocycles. The average molecular weight is 326 g/mol. The summed E-state index contributed by atoms with van der Waals surface area (Å²) in [6.45, 7) is 2.62. The van der Waals surface area contributed by atoms with Crippen molar-refractivity contribution < 1.29 is 9.59 Å². The van der Waals surface area contributed by atoms with Crippen molar-refractivity contribution in [3.63, 3.8) is 0 Å². The summed E-state index contributed by atoms with van der Waals surface area (Å²) >= 11 is 0. The predicted octanol–water partition coefficient (Wildman–Crippen LogP) is 2.24. The van der Waals surface area contributed by atoms with E-state index in [9.17, 15) is 9.59 Å². The quantitative estimate of drug-likeness (QED) is 0.720. The van der Waals surface area contributed by atoms with E-state index in [1.807, 2.05) is 38.2 Å². The van der Waals surface area contributed by atoms with Gasteiger partial charge in [-0.25, -0.2) is 0 Å². The highest BCUT2D eigenvalue weighted by atomic mass is 35.5. The molecule has 2 amide bonds. The summed E-state index contributed by atoms with van der Waals surface area (Å²) < 4.78 is 0. The van der Waals surface area contributed by atoms with E-state index in [-0.39, 0.29) is 36.2 Å². The number of benzene rings is 1. The molecule has 0 bridgehead atoms. The van der Waals surface area contributed by atoms with Crippen molar-refractivity contribution in [2.75, 3.05) is 18.9 Å². The van der Waals surface area contributed by atoms with Crippen molar-refractivity contribution in [1.82, 2.24) is 10.6 Å². The van der Waals surface area contributed by atoms with Crippen molar-refractivity contribution in [3.05, 3.63) is 29.8 Å². The fourth-order valence-corrected chi connectivity index (χ4v) is 2.08. The summed E-state index contributed by atoms with van der Waals surface area (Å²) in [5.41, 5.74) is 1.83. The molecule has 0 radical (unpaired) electrons. The highest BCUT2D eigenvalue weighted by molar-refractivity contribution is 5.94. The Morgan fingerprint density at radius 2 is 1.86 bits per heavy atom. The summed E-state index contributed by atoms with van der Waals surface area (Å²) in [7, 11) is 1.82. The van der Waals surface area contributed by atoms with Crippen molar-refractivity contribution >= 4 is 29.9 Å². The van der Waals surface area contributed by atoms with E-state index in [1.54, 1.807) is 0 Å². The van der Waals surface area contributed by atoms with Crippen LogP contribution < -0.4 is 16.0 Å². The lowest BCUT2D eigenvalue weighted by atomic mass is 10.1. The molecule has 0 aromatic heterocycles. The van der Waals surface area contributed by atoms with Gasteiger partial charge in [-0.05, 0) is 44.5 Å². The van der Waals surface area contributed by atoms with Gasteiger partial charge in [-0.1, -0.05) is 12.1 Å². The van der Waals surface area contributed by atoms with Gasteiger partial charge in [-0.2, -0.15) is 0 Å². The second-order valence-electron chi connectivity index (χ2n) is 5.53. The van der Waals surface area contributed by atoms with Gasteiger partial charge in [0, 0.05) is 24.6 Å². The van der Waals surface area contributed by atoms with Gasteiger partial charge in [0.25, 0.3) is 0 Å². The van der Waals surface area contributed by atoms with Gasteiger partial charge < -0.3 is 16.0 Å². The van der Waals surface area contributed by atoms with Crippen molar-refractivity contribution in [2.45, 2.75) is 32.2 Å². The lowest BCUT2D eigenvalue weighted by molar-refractivity contribution is -0.121. The standard InChI is InChI=1S/C16H23N3O2.ClH/c1-11(18-15(20)9-10-17-2)12-5-7-14(8-6-12)19-16(21)13-3-4-13;/h5-8,11,13,17H,3-4,9-10H2,1-2H3,(H,18,20)(H,19,21);1H. The molecular formula is C16H24ClN3O2. The smallest absolute Gasteiger partial charge is 0.227 e. The zero-order chi connectivity index (χ0) is 15.2. The molecule has 2 rings (SSSR count). The fourth-order valence-electron chi connectivity index (χ4n) is 2.08. The molecule has 6 heteroatoms. The van der Waals surface area contributed by atoms with Crippen LogP contribution in [0.15, 0.2) is 24.3 Å². The molecule has 3 N–H and O–H groups in total. The second-order valence-corrected chi connectivity index (χ2v) is 5.53. The number of carbonyl (C=O) groups excluding carboxylic acids is 2. The third-order valence-electron chi connectivity index (χ3n) is 3.61. The third-order valence-corrected chi connectivity index (χ3v) is 3.61. The van der Waals surface area contributed by atoms with E-state index in [0.717, 1.165) is 24.1 Å². The maximum absolute atomic E-state index is 11.7. The van der Waals surface area contributed by atoms with Gasteiger partial charge in [-0.15, -0.1) is 12.4 Å². The van der Waals surface area contributed by atoms with Gasteiger partial charge in [0.2, 0.25) is 11.8 Å². The van der Waals surface area contributed by atoms with Gasteiger partial charge in [-0.3, -0.25) is 9.59 Å². The second kappa shape index (κ2) is 8.76. The van der Waals surface area contributed by atoms with Gasteiger partial charge >= 0.3 is 0 Å². The zero-order valence-corrected chi connectivity index (χ0v) is 13.8. The number of amides is 2. The lowest BCUT2D eigenvalue weighted by Gasteiger charge is -2.15. The Morgan fingerprint density at radius 3 is 2.41 bits per heavy atom. The Hall–Kier alpha value is -1.59. The molecule has 0 heterocycles. The van der Waals surface area contributed by atoms with Crippen LogP contribution in [0.25, 0.3) is 0 Å². The molecule has 1 aliphatic rings. The average Bonchev–Trinajstić information content (AvgIpc) is 3.30. The number of rotatable bonds is 7. The molecule has 122 valence electrons. The highest BCUT2D eigenvalue weighted by Crippen LogP contribution is 2.30. The van der Waals surface area contributed by atoms with Crippen molar-refractivity contribution in [2.24, 2.45) is 5.92 Å². The third kappa shape index (κ3) is 5.66. The Bertz CT molecular complexity index is 501. The van der Waals surface area contributed by atoms with E-state index in [0.29, 0.717) is 13.0 Å². The molecule has 0 saturated heterocycles. The first-order valence-corrected chi connectivity index (χ1v) is 7.45.